The number of rotatable bonds is 6. The second kappa shape index (κ2) is 12.6. The van der Waals surface area contributed by atoms with E-state index in [9.17, 15) is 4.79 Å². The molecule has 5 heteroatoms. The first-order valence-electron chi connectivity index (χ1n) is 17.8. The molecule has 3 aliphatic rings. The van der Waals surface area contributed by atoms with Crippen molar-refractivity contribution in [2.75, 3.05) is 4.90 Å². The summed E-state index contributed by atoms with van der Waals surface area (Å²) in [5.41, 5.74) is 7.52. The lowest BCUT2D eigenvalue weighted by molar-refractivity contribution is -0.123. The standard InChI is InChI=1S/C37H52N4O.C2H6/c1-9-11-30-34-32(38-22-40(34)23(2)3)21-31(39-30)25-13-14-29-33(20-25)41(35(42)37(29,7)8)27-18-26(19-27)28-15-17-36(5,6)16-10-12-24(28)4;1-2/h13-14,20-24,26-28H,9-12,15-19H2,1-8H3;1-2H3. The molecule has 0 saturated heterocycles. The van der Waals surface area contributed by atoms with E-state index in [1.165, 1.54) is 32.1 Å². The van der Waals surface area contributed by atoms with E-state index in [0.717, 1.165) is 82.7 Å². The number of aryl methyl sites for hydroxylation is 1. The molecule has 5 nitrogen and oxygen atoms in total. The number of hydrogen-bond donors (Lipinski definition) is 0. The predicted octanol–water partition coefficient (Wildman–Crippen LogP) is 10.3. The summed E-state index contributed by atoms with van der Waals surface area (Å²) in [6.07, 6.45) is 12.9. The van der Waals surface area contributed by atoms with Crippen LogP contribution in [0.5, 0.6) is 0 Å². The second-order valence-electron chi connectivity index (χ2n) is 15.5. The van der Waals surface area contributed by atoms with Gasteiger partial charge in [-0.2, -0.15) is 0 Å². The minimum atomic E-state index is -0.503. The summed E-state index contributed by atoms with van der Waals surface area (Å²) in [6.45, 7) is 22.2. The van der Waals surface area contributed by atoms with Gasteiger partial charge in [0.15, 0.2) is 0 Å². The molecule has 2 atom stereocenters. The molecule has 3 heterocycles. The number of nitrogens with zero attached hydrogens (tertiary/aromatic N) is 4. The molecule has 44 heavy (non-hydrogen) atoms. The number of pyridine rings is 1. The van der Waals surface area contributed by atoms with Gasteiger partial charge in [-0.05, 0) is 107 Å². The van der Waals surface area contributed by atoms with Crippen LogP contribution in [0.4, 0.5) is 5.69 Å². The zero-order chi connectivity index (χ0) is 32.0. The first-order valence-corrected chi connectivity index (χ1v) is 17.8. The second-order valence-corrected chi connectivity index (χ2v) is 15.5. The van der Waals surface area contributed by atoms with Crippen molar-refractivity contribution in [1.82, 2.24) is 14.5 Å². The zero-order valence-electron chi connectivity index (χ0n) is 29.3. The number of anilines is 1. The van der Waals surface area contributed by atoms with Crippen LogP contribution in [0, 0.1) is 23.2 Å². The molecule has 2 aromatic heterocycles. The van der Waals surface area contributed by atoms with Crippen LogP contribution in [-0.2, 0) is 16.6 Å². The van der Waals surface area contributed by atoms with E-state index in [4.69, 9.17) is 9.97 Å². The highest BCUT2D eigenvalue weighted by Crippen LogP contribution is 2.52. The number of carbonyl (C=O) groups is 1. The number of aromatic nitrogens is 3. The largest absolute Gasteiger partial charge is 0.327 e. The Morgan fingerprint density at radius 3 is 2.43 bits per heavy atom. The molecule has 240 valence electrons. The van der Waals surface area contributed by atoms with Crippen LogP contribution >= 0.6 is 0 Å². The molecule has 1 aromatic carbocycles. The molecular weight excluding hydrogens is 540 g/mol. The number of benzene rings is 1. The Balaban J connectivity index is 0.00000188. The smallest absolute Gasteiger partial charge is 0.237 e. The maximum atomic E-state index is 14.0. The summed E-state index contributed by atoms with van der Waals surface area (Å²) >= 11 is 0. The minimum Gasteiger partial charge on any atom is -0.327 e. The number of fused-ring (bicyclic) bond motifs is 2. The van der Waals surface area contributed by atoms with Crippen molar-refractivity contribution >= 4 is 22.6 Å². The van der Waals surface area contributed by atoms with Crippen molar-refractivity contribution in [3.05, 3.63) is 41.9 Å². The molecule has 0 radical (unpaired) electrons. The summed E-state index contributed by atoms with van der Waals surface area (Å²) in [6, 6.07) is 9.38. The lowest BCUT2D eigenvalue weighted by atomic mass is 9.63. The SMILES string of the molecule is CC.CCCc1nc(-c2ccc3c(c2)N(C2CC(C4CCC(C)(C)CCCC4C)C2)C(=O)C3(C)C)cc2ncn(C(C)C)c12. The fourth-order valence-electron chi connectivity index (χ4n) is 8.37. The van der Waals surface area contributed by atoms with Gasteiger partial charge in [0, 0.05) is 23.3 Å². The van der Waals surface area contributed by atoms with Gasteiger partial charge < -0.3 is 9.47 Å². The topological polar surface area (TPSA) is 51.0 Å². The van der Waals surface area contributed by atoms with E-state index in [0.29, 0.717) is 17.5 Å². The number of hydrogen-bond acceptors (Lipinski definition) is 3. The van der Waals surface area contributed by atoms with Gasteiger partial charge in [0.1, 0.15) is 0 Å². The Morgan fingerprint density at radius 2 is 1.75 bits per heavy atom. The van der Waals surface area contributed by atoms with Crippen LogP contribution in [0.2, 0.25) is 0 Å². The Labute approximate surface area is 267 Å². The van der Waals surface area contributed by atoms with Gasteiger partial charge in [-0.3, -0.25) is 9.78 Å². The van der Waals surface area contributed by atoms with Crippen LogP contribution in [-0.4, -0.2) is 26.5 Å². The highest BCUT2D eigenvalue weighted by molar-refractivity contribution is 6.08. The van der Waals surface area contributed by atoms with Crippen LogP contribution in [0.3, 0.4) is 0 Å². The molecule has 2 unspecified atom stereocenters. The molecule has 1 aliphatic heterocycles. The third-order valence-electron chi connectivity index (χ3n) is 11.2. The van der Waals surface area contributed by atoms with E-state index in [-0.39, 0.29) is 5.91 Å². The average Bonchev–Trinajstić information content (AvgIpc) is 3.47. The molecule has 0 bridgehead atoms. The Morgan fingerprint density at radius 1 is 1.02 bits per heavy atom. The summed E-state index contributed by atoms with van der Waals surface area (Å²) in [7, 11) is 0. The molecule has 2 aliphatic carbocycles. The Kier molecular flexibility index (Phi) is 9.36. The summed E-state index contributed by atoms with van der Waals surface area (Å²) < 4.78 is 2.24. The Hall–Kier alpha value is -2.69. The molecule has 0 spiro atoms. The maximum Gasteiger partial charge on any atom is 0.237 e. The van der Waals surface area contributed by atoms with Crippen molar-refractivity contribution in [3.8, 4) is 11.3 Å². The first-order chi connectivity index (χ1) is 20.9. The lowest BCUT2D eigenvalue weighted by Crippen LogP contribution is -2.51. The summed E-state index contributed by atoms with van der Waals surface area (Å²) in [5.74, 6) is 2.57. The van der Waals surface area contributed by atoms with Gasteiger partial charge in [-0.15, -0.1) is 0 Å². The number of amides is 1. The normalized spacial score (nSPS) is 26.1. The van der Waals surface area contributed by atoms with Crippen LogP contribution in [0.1, 0.15) is 138 Å². The quantitative estimate of drug-likeness (QED) is 0.284. The van der Waals surface area contributed by atoms with E-state index >= 15 is 0 Å². The monoisotopic (exact) mass is 598 g/mol. The summed E-state index contributed by atoms with van der Waals surface area (Å²) in [5, 5.41) is 0. The van der Waals surface area contributed by atoms with Crippen molar-refractivity contribution in [3.63, 3.8) is 0 Å². The lowest BCUT2D eigenvalue weighted by Gasteiger charge is -2.48. The fraction of sp³-hybridized carbons (Fsp3) is 0.667. The molecule has 3 aromatic rings. The maximum absolute atomic E-state index is 14.0. The molecule has 0 N–H and O–H groups in total. The highest BCUT2D eigenvalue weighted by Gasteiger charge is 2.50. The van der Waals surface area contributed by atoms with Crippen LogP contribution < -0.4 is 4.90 Å². The van der Waals surface area contributed by atoms with Gasteiger partial charge >= 0.3 is 0 Å². The molecule has 2 fully saturated rings. The zero-order valence-corrected chi connectivity index (χ0v) is 29.3. The predicted molar refractivity (Wildman–Crippen MR) is 185 cm³/mol. The van der Waals surface area contributed by atoms with Crippen LogP contribution in [0.15, 0.2) is 30.6 Å². The van der Waals surface area contributed by atoms with Gasteiger partial charge in [-0.25, -0.2) is 4.98 Å². The van der Waals surface area contributed by atoms with Gasteiger partial charge in [0.25, 0.3) is 0 Å². The van der Waals surface area contributed by atoms with Gasteiger partial charge in [0.05, 0.1) is 34.2 Å². The molecular formula is C39H58N4O. The van der Waals surface area contributed by atoms with E-state index in [1.54, 1.807) is 0 Å². The van der Waals surface area contributed by atoms with Crippen LogP contribution in [0.25, 0.3) is 22.3 Å². The van der Waals surface area contributed by atoms with Crippen molar-refractivity contribution in [2.24, 2.45) is 23.2 Å². The van der Waals surface area contributed by atoms with Crippen molar-refractivity contribution in [2.45, 2.75) is 145 Å². The third-order valence-corrected chi connectivity index (χ3v) is 11.2. The van der Waals surface area contributed by atoms with Gasteiger partial charge in [-0.1, -0.05) is 72.9 Å². The van der Waals surface area contributed by atoms with Gasteiger partial charge in [0.2, 0.25) is 5.91 Å². The first kappa shape index (κ1) is 32.7. The summed E-state index contributed by atoms with van der Waals surface area (Å²) in [4.78, 5) is 26.2. The van der Waals surface area contributed by atoms with E-state index < -0.39 is 5.41 Å². The Bertz CT molecular complexity index is 1470. The molecule has 6 rings (SSSR count). The number of imidazole rings is 1. The third kappa shape index (κ3) is 5.85. The highest BCUT2D eigenvalue weighted by atomic mass is 16.2. The van der Waals surface area contributed by atoms with Crippen molar-refractivity contribution < 1.29 is 4.79 Å². The molecule has 1 amide bonds. The van der Waals surface area contributed by atoms with Crippen molar-refractivity contribution in [1.29, 1.82) is 0 Å². The fourth-order valence-corrected chi connectivity index (χ4v) is 8.37. The molecule has 2 saturated carbocycles. The average molecular weight is 599 g/mol. The van der Waals surface area contributed by atoms with E-state index in [2.05, 4.69) is 89.1 Å². The number of carbonyl (C=O) groups excluding carboxylic acids is 1. The minimum absolute atomic E-state index is 0.260. The van der Waals surface area contributed by atoms with E-state index in [1.807, 2.05) is 20.2 Å².